The zero-order chi connectivity index (χ0) is 79.3. The van der Waals surface area contributed by atoms with E-state index in [1.165, 1.54) is 74.4 Å². The predicted molar refractivity (Wildman–Crippen MR) is 407 cm³/mol. The fraction of sp³-hybridized carbons (Fsp3) is 0.852. The van der Waals surface area contributed by atoms with Crippen molar-refractivity contribution in [3.63, 3.8) is 0 Å². The van der Waals surface area contributed by atoms with Crippen LogP contribution in [0.25, 0.3) is 0 Å². The molecule has 109 heavy (non-hydrogen) atoms. The van der Waals surface area contributed by atoms with Gasteiger partial charge in [0.25, 0.3) is 0 Å². The molecule has 12 amide bonds. The van der Waals surface area contributed by atoms with Crippen molar-refractivity contribution < 1.29 is 70.7 Å². The summed E-state index contributed by atoms with van der Waals surface area (Å²) in [6.07, 6.45) is 13.2. The van der Waals surface area contributed by atoms with Crippen LogP contribution in [0.2, 0.25) is 0 Å². The summed E-state index contributed by atoms with van der Waals surface area (Å²) in [5.41, 5.74) is -1.56. The van der Waals surface area contributed by atoms with Gasteiger partial charge in [-0.15, -0.1) is 11.6 Å². The Morgan fingerprint density at radius 2 is 1.15 bits per heavy atom. The van der Waals surface area contributed by atoms with E-state index in [2.05, 4.69) is 16.0 Å². The van der Waals surface area contributed by atoms with Crippen LogP contribution in [0, 0.1) is 47.3 Å². The molecule has 4 aliphatic heterocycles. The number of hydrogen-bond acceptors (Lipinski definition) is 12. The highest BCUT2D eigenvalue weighted by Gasteiger charge is 2.54. The van der Waals surface area contributed by atoms with Crippen LogP contribution in [0.5, 0.6) is 0 Å². The average Bonchev–Trinajstić information content (AvgIpc) is 1.73. The standard InChI is InChI=1S/C81H130ClF3N12O12/c1-11-52(4)69-77(107)90(6)50-68(100)96-42-26-33-61(96)75(105)92(8)64(45-53-27-16-12-17-28-53)74(104)89(5)49-66(98)86-60(37-35-54-34-36-58(59(82)44-54)81(83,84)85)73(103)97-48-57(55-29-18-13-19-30-55)46-63(97)72(102)88-80(38-22-23-39-80)79(109)94(10)70(56-31-20-14-21-32-56)78(108)93(9)65(76(106)95-40-24-15-25-41-95)47-67(99)91(7)62(43-51(2)3)71(101)87-69/h51-65,69-70H,11-50H2,1-10H3,(H,86,98)(H,87,101)(H,88,102)/t52-,54?,57+,58?,59?,60-,61-,62-,63-,64-,65-,69-,70-/m0/s1. The van der Waals surface area contributed by atoms with E-state index in [4.69, 9.17) is 11.6 Å². The summed E-state index contributed by atoms with van der Waals surface area (Å²) >= 11 is 6.52. The van der Waals surface area contributed by atoms with Crippen LogP contribution in [0.15, 0.2) is 0 Å². The minimum Gasteiger partial charge on any atom is -0.343 e. The molecule has 0 aromatic heterocycles. The molecule has 0 aromatic carbocycles. The quantitative estimate of drug-likeness (QED) is 0.155. The molecule has 4 saturated heterocycles. The van der Waals surface area contributed by atoms with Gasteiger partial charge in [-0.25, -0.2) is 0 Å². The van der Waals surface area contributed by atoms with E-state index in [0.29, 0.717) is 64.5 Å². The summed E-state index contributed by atoms with van der Waals surface area (Å²) in [7, 11) is 8.96. The number of nitrogens with zero attached hydrogens (tertiary/aromatic N) is 9. The first-order valence-electron chi connectivity index (χ1n) is 41.8. The van der Waals surface area contributed by atoms with Gasteiger partial charge in [-0.05, 0) is 151 Å². The largest absolute Gasteiger partial charge is 0.393 e. The zero-order valence-electron chi connectivity index (χ0n) is 67.0. The Labute approximate surface area is 650 Å². The predicted octanol–water partition coefficient (Wildman–Crippen LogP) is 8.82. The molecule has 28 heteroatoms. The van der Waals surface area contributed by atoms with Crippen LogP contribution in [0.4, 0.5) is 13.2 Å². The van der Waals surface area contributed by atoms with Crippen LogP contribution >= 0.6 is 11.6 Å². The molecule has 614 valence electrons. The lowest BCUT2D eigenvalue weighted by Crippen LogP contribution is -2.65. The van der Waals surface area contributed by atoms with Crippen molar-refractivity contribution in [2.75, 3.05) is 81.6 Å². The molecule has 24 nitrogen and oxygen atoms in total. The second-order valence-electron chi connectivity index (χ2n) is 34.9. The second-order valence-corrected chi connectivity index (χ2v) is 35.5. The van der Waals surface area contributed by atoms with E-state index >= 15 is 43.2 Å². The number of carbonyl (C=O) groups is 12. The molecule has 9 rings (SSSR count). The Balaban J connectivity index is 1.11. The van der Waals surface area contributed by atoms with Gasteiger partial charge in [-0.2, -0.15) is 13.2 Å². The molecule has 0 radical (unpaired) electrons. The summed E-state index contributed by atoms with van der Waals surface area (Å²) in [4.78, 5) is 197. The number of likely N-dealkylation sites (tertiary alicyclic amines) is 1. The average molecular weight is 1560 g/mol. The molecule has 0 aromatic rings. The third-order valence-electron chi connectivity index (χ3n) is 26.9. The normalized spacial score (nSPS) is 31.5. The van der Waals surface area contributed by atoms with Crippen molar-refractivity contribution >= 4 is 82.5 Å². The SMILES string of the molecule is CC[C@H](C)[C@@H]1NC(=O)[C@H](CC(C)C)N(C)C(=O)C[C@@H](C(=O)N2CCCCC2)N(C)C(=O)[C@H](C2CCCCC2)N(C)C(=O)C2(CCCC2)NC(=O)[C@@H]2C[C@@H](C3CCCCC3)CN2C(=O)[C@H](CCC2CCC(C(F)(F)F)C(Cl)C2)NC(=O)CN(C)C(=O)[C@H](CC2CCCCC2)N(C)C(=O)[C@@H]2CCCN2C(=O)CN(C)C1=O. The fourth-order valence-electron chi connectivity index (χ4n) is 19.9. The number of likely N-dealkylation sites (N-methyl/N-ethyl adjacent to an activating group) is 6. The van der Waals surface area contributed by atoms with Crippen LogP contribution in [-0.4, -0.2) is 262 Å². The molecular weight excluding hydrogens is 1430 g/mol. The van der Waals surface area contributed by atoms with Gasteiger partial charge in [0.2, 0.25) is 70.9 Å². The minimum atomic E-state index is -4.51. The maximum atomic E-state index is 16.1. The van der Waals surface area contributed by atoms with Crippen LogP contribution in [-0.2, 0) is 57.5 Å². The Kier molecular flexibility index (Phi) is 31.0. The van der Waals surface area contributed by atoms with Gasteiger partial charge in [0, 0.05) is 73.8 Å². The van der Waals surface area contributed by atoms with E-state index in [1.807, 2.05) is 20.8 Å². The van der Waals surface area contributed by atoms with Crippen LogP contribution in [0.3, 0.4) is 0 Å². The summed E-state index contributed by atoms with van der Waals surface area (Å²) in [5.74, 6) is -10.0. The molecule has 0 bridgehead atoms. The van der Waals surface area contributed by atoms with E-state index in [1.54, 1.807) is 18.9 Å². The molecule has 3 unspecified atom stereocenters. The Morgan fingerprint density at radius 1 is 0.541 bits per heavy atom. The highest BCUT2D eigenvalue weighted by molar-refractivity contribution is 6.21. The number of rotatable bonds is 12. The molecule has 9 fully saturated rings. The number of fused-ring (bicyclic) bond motifs is 2. The summed E-state index contributed by atoms with van der Waals surface area (Å²) in [6, 6.07) is -9.53. The number of halogens is 4. The third-order valence-corrected chi connectivity index (χ3v) is 27.3. The van der Waals surface area contributed by atoms with E-state index in [9.17, 15) is 27.6 Å². The van der Waals surface area contributed by atoms with E-state index in [0.717, 1.165) is 89.9 Å². The molecule has 1 spiro atoms. The monoisotopic (exact) mass is 1550 g/mol. The molecule has 3 N–H and O–H groups in total. The van der Waals surface area contributed by atoms with Crippen molar-refractivity contribution in [1.82, 2.24) is 60.0 Å². The number of piperidine rings is 1. The van der Waals surface area contributed by atoms with E-state index in [-0.39, 0.29) is 113 Å². The lowest BCUT2D eigenvalue weighted by molar-refractivity contribution is -0.182. The first kappa shape index (κ1) is 86.7. The number of amides is 12. The lowest BCUT2D eigenvalue weighted by Gasteiger charge is -2.43. The van der Waals surface area contributed by atoms with Gasteiger partial charge in [0.1, 0.15) is 53.9 Å². The maximum Gasteiger partial charge on any atom is 0.393 e. The fourth-order valence-corrected chi connectivity index (χ4v) is 20.5. The highest BCUT2D eigenvalue weighted by Crippen LogP contribution is 2.45. The molecular formula is C81H130ClF3N12O12. The maximum absolute atomic E-state index is 16.1. The number of carbonyl (C=O) groups excluding carboxylic acids is 12. The number of nitrogens with one attached hydrogen (secondary N) is 3. The van der Waals surface area contributed by atoms with Crippen molar-refractivity contribution in [1.29, 1.82) is 0 Å². The van der Waals surface area contributed by atoms with Gasteiger partial charge in [0.05, 0.1) is 25.4 Å². The highest BCUT2D eigenvalue weighted by atomic mass is 35.5. The van der Waals surface area contributed by atoms with Crippen molar-refractivity contribution in [3.8, 4) is 0 Å². The summed E-state index contributed by atoms with van der Waals surface area (Å²) in [6.45, 7) is 7.48. The summed E-state index contributed by atoms with van der Waals surface area (Å²) in [5, 5.41) is 7.95. The van der Waals surface area contributed by atoms with E-state index < -0.39 is 174 Å². The molecule has 5 saturated carbocycles. The van der Waals surface area contributed by atoms with Gasteiger partial charge in [-0.3, -0.25) is 57.5 Å². The summed E-state index contributed by atoms with van der Waals surface area (Å²) < 4.78 is 42.7. The van der Waals surface area contributed by atoms with Gasteiger partial charge in [-0.1, -0.05) is 130 Å². The Morgan fingerprint density at radius 3 is 1.75 bits per heavy atom. The Bertz CT molecular complexity index is 3190. The van der Waals surface area contributed by atoms with Crippen molar-refractivity contribution in [2.45, 2.75) is 311 Å². The second kappa shape index (κ2) is 39.0. The topological polar surface area (TPSA) is 270 Å². The molecule has 9 aliphatic rings. The van der Waals surface area contributed by atoms with Crippen LogP contribution in [0.1, 0.15) is 246 Å². The third kappa shape index (κ3) is 21.3. The first-order chi connectivity index (χ1) is 51.7. The van der Waals surface area contributed by atoms with Crippen molar-refractivity contribution in [2.24, 2.45) is 47.3 Å². The van der Waals surface area contributed by atoms with Gasteiger partial charge < -0.3 is 60.0 Å². The number of hydrogen-bond donors (Lipinski definition) is 3. The Hall–Kier alpha value is -6.28. The van der Waals surface area contributed by atoms with Gasteiger partial charge in [0.15, 0.2) is 0 Å². The molecule has 5 aliphatic carbocycles. The van der Waals surface area contributed by atoms with Gasteiger partial charge >= 0.3 is 6.18 Å². The number of alkyl halides is 4. The molecule has 13 atom stereocenters. The lowest BCUT2D eigenvalue weighted by atomic mass is 9.78. The molecule has 4 heterocycles. The minimum absolute atomic E-state index is 0.00964. The van der Waals surface area contributed by atoms with Crippen LogP contribution < -0.4 is 16.0 Å². The zero-order valence-corrected chi connectivity index (χ0v) is 67.8. The first-order valence-corrected chi connectivity index (χ1v) is 42.3. The van der Waals surface area contributed by atoms with Crippen molar-refractivity contribution in [3.05, 3.63) is 0 Å². The smallest absolute Gasteiger partial charge is 0.343 e.